The number of carbonyl (C=O) groups excluding carboxylic acids is 1. The first-order chi connectivity index (χ1) is 11.8. The Balaban J connectivity index is 1.85. The number of H-pyrrole nitrogens is 1. The molecular formula is C17H17N3O4S. The van der Waals surface area contributed by atoms with Gasteiger partial charge in [-0.2, -0.15) is 0 Å². The topological polar surface area (TPSA) is 101 Å². The molecule has 0 spiro atoms. The third-order valence-corrected chi connectivity index (χ3v) is 5.01. The van der Waals surface area contributed by atoms with Crippen LogP contribution in [0.2, 0.25) is 0 Å². The highest BCUT2D eigenvalue weighted by atomic mass is 32.2. The minimum atomic E-state index is -3.57. The predicted molar refractivity (Wildman–Crippen MR) is 93.3 cm³/mol. The average Bonchev–Trinajstić information content (AvgIpc) is 3.17. The van der Waals surface area contributed by atoms with E-state index in [0.717, 1.165) is 5.69 Å². The van der Waals surface area contributed by atoms with Crippen molar-refractivity contribution in [3.63, 3.8) is 0 Å². The summed E-state index contributed by atoms with van der Waals surface area (Å²) >= 11 is 0. The number of aromatic nitrogens is 1. The molecule has 0 unspecified atom stereocenters. The van der Waals surface area contributed by atoms with E-state index < -0.39 is 16.0 Å². The second-order valence-corrected chi connectivity index (χ2v) is 7.48. The van der Waals surface area contributed by atoms with E-state index in [9.17, 15) is 13.2 Å². The number of esters is 1. The van der Waals surface area contributed by atoms with Gasteiger partial charge in [-0.05, 0) is 56.3 Å². The van der Waals surface area contributed by atoms with Crippen LogP contribution in [0.3, 0.4) is 0 Å². The predicted octanol–water partition coefficient (Wildman–Crippen LogP) is 2.05. The van der Waals surface area contributed by atoms with E-state index in [-0.39, 0.29) is 22.5 Å². The molecule has 2 N–H and O–H groups in total. The van der Waals surface area contributed by atoms with Crippen LogP contribution in [-0.4, -0.2) is 31.3 Å². The zero-order chi connectivity index (χ0) is 18.0. The van der Waals surface area contributed by atoms with Crippen molar-refractivity contribution in [3.05, 3.63) is 59.5 Å². The quantitative estimate of drug-likeness (QED) is 0.630. The number of aromatic amines is 1. The summed E-state index contributed by atoms with van der Waals surface area (Å²) in [7, 11) is -3.57. The summed E-state index contributed by atoms with van der Waals surface area (Å²) < 4.78 is 31.9. The van der Waals surface area contributed by atoms with Gasteiger partial charge < -0.3 is 9.72 Å². The highest BCUT2D eigenvalue weighted by Crippen LogP contribution is 2.20. The van der Waals surface area contributed by atoms with Crippen LogP contribution in [0.25, 0.3) is 6.08 Å². The first kappa shape index (κ1) is 17.1. The van der Waals surface area contributed by atoms with Crippen molar-refractivity contribution in [3.8, 4) is 0 Å². The molecule has 3 rings (SSSR count). The van der Waals surface area contributed by atoms with Gasteiger partial charge in [-0.1, -0.05) is 0 Å². The average molecular weight is 359 g/mol. The van der Waals surface area contributed by atoms with Crippen molar-refractivity contribution in [2.45, 2.75) is 24.8 Å². The number of aliphatic imine (C=N–C) groups is 1. The summed E-state index contributed by atoms with van der Waals surface area (Å²) in [6.45, 7) is 3.49. The molecule has 1 aliphatic heterocycles. The fraction of sp³-hybridized carbons (Fsp3) is 0.176. The Hall–Kier alpha value is -2.71. The molecule has 8 heteroatoms. The summed E-state index contributed by atoms with van der Waals surface area (Å²) in [6, 6.07) is 9.41. The fourth-order valence-corrected chi connectivity index (χ4v) is 3.52. The standard InChI is InChI=1S/C17H17N3O4S/c1-11(2)20-25(22,23)14-7-5-12(6-8-14)16-19-15(17(21)24-16)10-13-4-3-9-18-13/h3-11,18,20H,1-2H3/b15-10+. The van der Waals surface area contributed by atoms with E-state index in [1.54, 1.807) is 44.3 Å². The summed E-state index contributed by atoms with van der Waals surface area (Å²) in [5, 5.41) is 0. The van der Waals surface area contributed by atoms with E-state index in [2.05, 4.69) is 14.7 Å². The molecule has 0 fully saturated rings. The lowest BCUT2D eigenvalue weighted by Gasteiger charge is -2.09. The van der Waals surface area contributed by atoms with Crippen LogP contribution in [0.5, 0.6) is 0 Å². The lowest BCUT2D eigenvalue weighted by atomic mass is 10.2. The summed E-state index contributed by atoms with van der Waals surface area (Å²) in [5.41, 5.74) is 1.43. The van der Waals surface area contributed by atoms with E-state index in [0.29, 0.717) is 5.56 Å². The molecule has 25 heavy (non-hydrogen) atoms. The summed E-state index contributed by atoms with van der Waals surface area (Å²) in [5.74, 6) is -0.411. The van der Waals surface area contributed by atoms with Gasteiger partial charge in [0, 0.05) is 23.5 Å². The number of rotatable bonds is 5. The molecule has 130 valence electrons. The molecule has 0 radical (unpaired) electrons. The lowest BCUT2D eigenvalue weighted by molar-refractivity contribution is -0.129. The van der Waals surface area contributed by atoms with E-state index in [1.807, 2.05) is 6.07 Å². The normalized spacial score (nSPS) is 16.4. The van der Waals surface area contributed by atoms with Crippen LogP contribution >= 0.6 is 0 Å². The van der Waals surface area contributed by atoms with Gasteiger partial charge in [0.2, 0.25) is 15.9 Å². The summed E-state index contributed by atoms with van der Waals surface area (Å²) in [4.78, 5) is 19.2. The molecule has 7 nitrogen and oxygen atoms in total. The van der Waals surface area contributed by atoms with Gasteiger partial charge in [0.05, 0.1) is 4.90 Å². The number of nitrogens with zero attached hydrogens (tertiary/aromatic N) is 1. The monoisotopic (exact) mass is 359 g/mol. The van der Waals surface area contributed by atoms with Crippen molar-refractivity contribution in [2.24, 2.45) is 4.99 Å². The molecule has 1 aliphatic rings. The molecular weight excluding hydrogens is 342 g/mol. The number of nitrogens with one attached hydrogen (secondary N) is 2. The molecule has 0 saturated carbocycles. The second kappa shape index (κ2) is 6.66. The van der Waals surface area contributed by atoms with Crippen LogP contribution in [0.15, 0.2) is 58.2 Å². The second-order valence-electron chi connectivity index (χ2n) is 5.76. The van der Waals surface area contributed by atoms with Crippen LogP contribution < -0.4 is 4.72 Å². The number of benzene rings is 1. The van der Waals surface area contributed by atoms with Crippen LogP contribution in [-0.2, 0) is 19.6 Å². The molecule has 1 aromatic heterocycles. The Morgan fingerprint density at radius 3 is 2.52 bits per heavy atom. The highest BCUT2D eigenvalue weighted by Gasteiger charge is 2.25. The van der Waals surface area contributed by atoms with Crippen LogP contribution in [0.4, 0.5) is 0 Å². The first-order valence-electron chi connectivity index (χ1n) is 7.64. The molecule has 0 amide bonds. The third-order valence-electron chi connectivity index (χ3n) is 3.34. The molecule has 0 atom stereocenters. The number of hydrogen-bond donors (Lipinski definition) is 2. The van der Waals surface area contributed by atoms with Crippen LogP contribution in [0.1, 0.15) is 25.1 Å². The van der Waals surface area contributed by atoms with Gasteiger partial charge in [-0.3, -0.25) is 0 Å². The Bertz CT molecular complexity index is 940. The van der Waals surface area contributed by atoms with Gasteiger partial charge in [0.1, 0.15) is 0 Å². The van der Waals surface area contributed by atoms with Gasteiger partial charge in [-0.15, -0.1) is 0 Å². The Kier molecular flexibility index (Phi) is 4.56. The Labute approximate surface area is 145 Å². The van der Waals surface area contributed by atoms with Crippen molar-refractivity contribution in [2.75, 3.05) is 0 Å². The maximum atomic E-state index is 12.1. The molecule has 2 aromatic rings. The zero-order valence-corrected chi connectivity index (χ0v) is 14.5. The van der Waals surface area contributed by atoms with E-state index in [1.165, 1.54) is 12.1 Å². The van der Waals surface area contributed by atoms with Gasteiger partial charge in [-0.25, -0.2) is 22.9 Å². The minimum absolute atomic E-state index is 0.136. The first-order valence-corrected chi connectivity index (χ1v) is 9.12. The highest BCUT2D eigenvalue weighted by molar-refractivity contribution is 7.89. The number of ether oxygens (including phenoxy) is 1. The maximum Gasteiger partial charge on any atom is 0.363 e. The molecule has 0 saturated heterocycles. The van der Waals surface area contributed by atoms with E-state index in [4.69, 9.17) is 4.74 Å². The maximum absolute atomic E-state index is 12.1. The number of hydrogen-bond acceptors (Lipinski definition) is 5. The molecule has 1 aromatic carbocycles. The Morgan fingerprint density at radius 2 is 1.92 bits per heavy atom. The molecule has 0 aliphatic carbocycles. The van der Waals surface area contributed by atoms with Crippen molar-refractivity contribution < 1.29 is 17.9 Å². The lowest BCUT2D eigenvalue weighted by Crippen LogP contribution is -2.30. The van der Waals surface area contributed by atoms with Crippen molar-refractivity contribution in [1.82, 2.24) is 9.71 Å². The van der Waals surface area contributed by atoms with Gasteiger partial charge in [0.15, 0.2) is 5.70 Å². The van der Waals surface area contributed by atoms with Crippen molar-refractivity contribution >= 4 is 28.0 Å². The smallest absolute Gasteiger partial charge is 0.363 e. The summed E-state index contributed by atoms with van der Waals surface area (Å²) in [6.07, 6.45) is 3.32. The largest absolute Gasteiger partial charge is 0.402 e. The van der Waals surface area contributed by atoms with Crippen molar-refractivity contribution in [1.29, 1.82) is 0 Å². The minimum Gasteiger partial charge on any atom is -0.402 e. The fourth-order valence-electron chi connectivity index (χ4n) is 2.27. The van der Waals surface area contributed by atoms with Crippen LogP contribution in [0, 0.1) is 0 Å². The Morgan fingerprint density at radius 1 is 1.20 bits per heavy atom. The van der Waals surface area contributed by atoms with Gasteiger partial charge in [0.25, 0.3) is 0 Å². The SMILES string of the molecule is CC(C)NS(=O)(=O)c1ccc(C2=N/C(=C/c3ccc[nH]3)C(=O)O2)cc1. The molecule has 2 heterocycles. The number of carbonyl (C=O) groups is 1. The van der Waals surface area contributed by atoms with E-state index >= 15 is 0 Å². The molecule has 0 bridgehead atoms. The number of sulfonamides is 1. The number of cyclic esters (lactones) is 1. The third kappa shape index (κ3) is 3.86. The van der Waals surface area contributed by atoms with Gasteiger partial charge >= 0.3 is 5.97 Å². The zero-order valence-electron chi connectivity index (χ0n) is 13.7.